The molecule has 17 heavy (non-hydrogen) atoms. The van der Waals surface area contributed by atoms with Crippen molar-refractivity contribution in [2.24, 2.45) is 4.99 Å². The first-order valence-corrected chi connectivity index (χ1v) is 6.64. The molecular weight excluding hydrogens is 234 g/mol. The molecule has 1 saturated heterocycles. The molecule has 0 radical (unpaired) electrons. The summed E-state index contributed by atoms with van der Waals surface area (Å²) in [5.41, 5.74) is 0.889. The molecule has 0 bridgehead atoms. The maximum atomic E-state index is 10.4. The quantitative estimate of drug-likeness (QED) is 0.606. The molecule has 0 atom stereocenters. The molecule has 3 rings (SSSR count). The first kappa shape index (κ1) is 11.0. The largest absolute Gasteiger partial charge is 0.379 e. The number of nitrogens with zero attached hydrogens (tertiary/aromatic N) is 1. The van der Waals surface area contributed by atoms with E-state index in [-0.39, 0.29) is 5.54 Å². The molecule has 1 heterocycles. The number of isocyanates is 1. The van der Waals surface area contributed by atoms with Crippen LogP contribution >= 0.6 is 11.8 Å². The van der Waals surface area contributed by atoms with Crippen LogP contribution in [0, 0.1) is 0 Å². The van der Waals surface area contributed by atoms with Gasteiger partial charge in [-0.15, -0.1) is 11.8 Å². The van der Waals surface area contributed by atoms with Crippen LogP contribution in [0.2, 0.25) is 0 Å². The molecule has 2 aliphatic rings. The summed E-state index contributed by atoms with van der Waals surface area (Å²) >= 11 is 1.85. The highest BCUT2D eigenvalue weighted by Crippen LogP contribution is 2.49. The highest BCUT2D eigenvalue weighted by molar-refractivity contribution is 8.00. The highest BCUT2D eigenvalue weighted by Gasteiger charge is 2.44. The van der Waals surface area contributed by atoms with Crippen molar-refractivity contribution in [1.29, 1.82) is 0 Å². The second-order valence-corrected chi connectivity index (χ2v) is 5.91. The standard InChI is InChI=1S/C13H13NO2S/c15-9-14-13(5-6-13)10-1-3-11(4-2-10)17-12-7-16-8-12/h1-4,12H,5-8H2. The third-order valence-corrected chi connectivity index (χ3v) is 4.43. The number of hydrogen-bond acceptors (Lipinski definition) is 4. The molecule has 1 saturated carbocycles. The predicted molar refractivity (Wildman–Crippen MR) is 65.9 cm³/mol. The van der Waals surface area contributed by atoms with E-state index in [1.54, 1.807) is 6.08 Å². The fourth-order valence-corrected chi connectivity index (χ4v) is 3.00. The Balaban J connectivity index is 1.73. The van der Waals surface area contributed by atoms with Crippen LogP contribution in [0.3, 0.4) is 0 Å². The van der Waals surface area contributed by atoms with E-state index in [0.29, 0.717) is 5.25 Å². The third kappa shape index (κ3) is 2.16. The van der Waals surface area contributed by atoms with Crippen LogP contribution in [0.15, 0.2) is 34.2 Å². The first-order chi connectivity index (χ1) is 8.32. The van der Waals surface area contributed by atoms with Gasteiger partial charge in [-0.25, -0.2) is 4.79 Å². The van der Waals surface area contributed by atoms with Gasteiger partial charge in [-0.1, -0.05) is 12.1 Å². The second-order valence-electron chi connectivity index (χ2n) is 4.54. The number of aliphatic imine (C=N–C) groups is 1. The Hall–Kier alpha value is -1.09. The fraction of sp³-hybridized carbons (Fsp3) is 0.462. The Morgan fingerprint density at radius 2 is 2.00 bits per heavy atom. The van der Waals surface area contributed by atoms with Crippen LogP contribution in [-0.4, -0.2) is 24.5 Å². The van der Waals surface area contributed by atoms with Gasteiger partial charge in [0.15, 0.2) is 0 Å². The Morgan fingerprint density at radius 1 is 1.29 bits per heavy atom. The summed E-state index contributed by atoms with van der Waals surface area (Å²) in [7, 11) is 0. The van der Waals surface area contributed by atoms with E-state index in [9.17, 15) is 4.79 Å². The third-order valence-electron chi connectivity index (χ3n) is 3.29. The molecule has 1 aliphatic heterocycles. The molecule has 0 amide bonds. The van der Waals surface area contributed by atoms with Gasteiger partial charge in [-0.3, -0.25) is 0 Å². The number of hydrogen-bond donors (Lipinski definition) is 0. The maximum absolute atomic E-state index is 10.4. The smallest absolute Gasteiger partial charge is 0.235 e. The lowest BCUT2D eigenvalue weighted by Gasteiger charge is -2.25. The Morgan fingerprint density at radius 3 is 2.47 bits per heavy atom. The average molecular weight is 247 g/mol. The molecule has 0 unspecified atom stereocenters. The van der Waals surface area contributed by atoms with Crippen LogP contribution in [-0.2, 0) is 15.1 Å². The van der Waals surface area contributed by atoms with E-state index >= 15 is 0 Å². The SMILES string of the molecule is O=C=NC1(c2ccc(SC3COC3)cc2)CC1. The topological polar surface area (TPSA) is 38.7 Å². The Bertz CT molecular complexity index is 457. The van der Waals surface area contributed by atoms with Crippen LogP contribution < -0.4 is 0 Å². The monoisotopic (exact) mass is 247 g/mol. The summed E-state index contributed by atoms with van der Waals surface area (Å²) in [6.07, 6.45) is 3.61. The van der Waals surface area contributed by atoms with Crippen molar-refractivity contribution in [3.63, 3.8) is 0 Å². The number of carbonyl (C=O) groups excluding carboxylic acids is 1. The molecular formula is C13H13NO2S. The average Bonchev–Trinajstić information content (AvgIpc) is 3.06. The van der Waals surface area contributed by atoms with E-state index in [1.807, 2.05) is 11.8 Å². The molecule has 2 fully saturated rings. The van der Waals surface area contributed by atoms with Crippen LogP contribution in [0.5, 0.6) is 0 Å². The van der Waals surface area contributed by atoms with Crippen molar-refractivity contribution in [1.82, 2.24) is 0 Å². The van der Waals surface area contributed by atoms with Crippen molar-refractivity contribution in [3.05, 3.63) is 29.8 Å². The number of ether oxygens (including phenoxy) is 1. The molecule has 88 valence electrons. The van der Waals surface area contributed by atoms with Crippen LogP contribution in [0.4, 0.5) is 0 Å². The van der Waals surface area contributed by atoms with Gasteiger partial charge < -0.3 is 4.74 Å². The van der Waals surface area contributed by atoms with Gasteiger partial charge in [0.2, 0.25) is 6.08 Å². The van der Waals surface area contributed by atoms with Gasteiger partial charge in [-0.2, -0.15) is 4.99 Å². The zero-order valence-corrected chi connectivity index (χ0v) is 10.2. The number of thioether (sulfide) groups is 1. The minimum atomic E-state index is -0.246. The molecule has 1 aromatic carbocycles. The summed E-state index contributed by atoms with van der Waals surface area (Å²) in [5, 5.41) is 0.601. The predicted octanol–water partition coefficient (Wildman–Crippen LogP) is 2.50. The zero-order chi connectivity index (χ0) is 11.7. The van der Waals surface area contributed by atoms with Gasteiger partial charge in [-0.05, 0) is 30.5 Å². The molecule has 1 aliphatic carbocycles. The van der Waals surface area contributed by atoms with Crippen molar-refractivity contribution in [2.45, 2.75) is 28.5 Å². The summed E-state index contributed by atoms with van der Waals surface area (Å²) in [6, 6.07) is 8.38. The van der Waals surface area contributed by atoms with E-state index < -0.39 is 0 Å². The summed E-state index contributed by atoms with van der Waals surface area (Å²) in [4.78, 5) is 15.6. The minimum Gasteiger partial charge on any atom is -0.379 e. The van der Waals surface area contributed by atoms with Gasteiger partial charge in [0.25, 0.3) is 0 Å². The van der Waals surface area contributed by atoms with Crippen molar-refractivity contribution >= 4 is 17.8 Å². The van der Waals surface area contributed by atoms with Gasteiger partial charge >= 0.3 is 0 Å². The van der Waals surface area contributed by atoms with E-state index in [1.165, 1.54) is 4.90 Å². The second kappa shape index (κ2) is 4.30. The summed E-state index contributed by atoms with van der Waals surface area (Å²) < 4.78 is 5.15. The molecule has 0 spiro atoms. The van der Waals surface area contributed by atoms with E-state index in [4.69, 9.17) is 4.74 Å². The normalized spacial score (nSPS) is 21.4. The molecule has 4 heteroatoms. The highest BCUT2D eigenvalue weighted by atomic mass is 32.2. The lowest BCUT2D eigenvalue weighted by atomic mass is 10.1. The van der Waals surface area contributed by atoms with Crippen LogP contribution in [0.25, 0.3) is 0 Å². The summed E-state index contributed by atoms with van der Waals surface area (Å²) in [6.45, 7) is 1.71. The fourth-order valence-electron chi connectivity index (χ4n) is 1.99. The van der Waals surface area contributed by atoms with Crippen molar-refractivity contribution in [2.75, 3.05) is 13.2 Å². The molecule has 0 aromatic heterocycles. The lowest BCUT2D eigenvalue weighted by Crippen LogP contribution is -2.29. The van der Waals surface area contributed by atoms with Gasteiger partial charge in [0.1, 0.15) is 0 Å². The minimum absolute atomic E-state index is 0.246. The van der Waals surface area contributed by atoms with Crippen molar-refractivity contribution < 1.29 is 9.53 Å². The molecule has 0 N–H and O–H groups in total. The van der Waals surface area contributed by atoms with Gasteiger partial charge in [0, 0.05) is 4.90 Å². The van der Waals surface area contributed by atoms with Crippen molar-refractivity contribution in [3.8, 4) is 0 Å². The number of benzene rings is 1. The Labute approximate surface area is 104 Å². The summed E-state index contributed by atoms with van der Waals surface area (Å²) in [5.74, 6) is 0. The lowest BCUT2D eigenvalue weighted by molar-refractivity contribution is 0.0455. The number of rotatable bonds is 4. The Kier molecular flexibility index (Phi) is 2.79. The van der Waals surface area contributed by atoms with Gasteiger partial charge in [0.05, 0.1) is 24.0 Å². The van der Waals surface area contributed by atoms with E-state index in [0.717, 1.165) is 31.6 Å². The van der Waals surface area contributed by atoms with E-state index in [2.05, 4.69) is 29.3 Å². The first-order valence-electron chi connectivity index (χ1n) is 5.76. The zero-order valence-electron chi connectivity index (χ0n) is 9.39. The molecule has 3 nitrogen and oxygen atoms in total. The maximum Gasteiger partial charge on any atom is 0.235 e. The molecule has 1 aromatic rings. The van der Waals surface area contributed by atoms with Crippen LogP contribution in [0.1, 0.15) is 18.4 Å².